The van der Waals surface area contributed by atoms with Crippen LogP contribution in [0.3, 0.4) is 0 Å². The summed E-state index contributed by atoms with van der Waals surface area (Å²) in [6, 6.07) is 2.79. The average Bonchev–Trinajstić information content (AvgIpc) is 2.78. The van der Waals surface area contributed by atoms with Gasteiger partial charge in [-0.2, -0.15) is 4.98 Å². The maximum Gasteiger partial charge on any atom is 0.260 e. The summed E-state index contributed by atoms with van der Waals surface area (Å²) in [5.74, 6) is -0.695. The van der Waals surface area contributed by atoms with Crippen molar-refractivity contribution in [2.24, 2.45) is 0 Å². The number of halogens is 1. The number of rotatable bonds is 6. The molecule has 3 heterocycles. The molecule has 1 aliphatic rings. The number of aromatic nitrogens is 4. The number of aliphatic hydroxyl groups excluding tert-OH is 1. The fraction of sp³-hybridized carbons (Fsp3) is 0.455. The lowest BCUT2D eigenvalue weighted by molar-refractivity contribution is 0.00169. The number of pyridine rings is 2. The van der Waals surface area contributed by atoms with Crippen LogP contribution in [0.5, 0.6) is 5.88 Å². The number of aliphatic hydroxyl groups is 1. The lowest BCUT2D eigenvalue weighted by Gasteiger charge is -2.30. The first kappa shape index (κ1) is 22.1. The summed E-state index contributed by atoms with van der Waals surface area (Å²) in [4.78, 5) is 26.2. The fourth-order valence-corrected chi connectivity index (χ4v) is 4.33. The van der Waals surface area contributed by atoms with Crippen molar-refractivity contribution < 1.29 is 19.0 Å². The molecule has 3 aromatic heterocycles. The second-order valence-electron chi connectivity index (χ2n) is 7.88. The molecule has 0 radical (unpaired) electrons. The largest absolute Gasteiger partial charge is 0.479 e. The van der Waals surface area contributed by atoms with Gasteiger partial charge in [0, 0.05) is 28.8 Å². The van der Waals surface area contributed by atoms with Gasteiger partial charge in [0.2, 0.25) is 11.8 Å². The molecule has 0 aliphatic heterocycles. The normalized spacial score (nSPS) is 18.8. The Morgan fingerprint density at radius 1 is 1.25 bits per heavy atom. The van der Waals surface area contributed by atoms with Crippen LogP contribution in [0.4, 0.5) is 10.3 Å². The molecule has 1 saturated carbocycles. The Labute approximate surface area is 184 Å². The summed E-state index contributed by atoms with van der Waals surface area (Å²) in [7, 11) is 1.33. The van der Waals surface area contributed by atoms with E-state index in [9.17, 15) is 9.18 Å². The number of ether oxygens (including phenoxy) is 2. The van der Waals surface area contributed by atoms with Crippen molar-refractivity contribution in [3.63, 3.8) is 0 Å². The van der Waals surface area contributed by atoms with Crippen LogP contribution in [0.2, 0.25) is 0 Å². The van der Waals surface area contributed by atoms with Crippen LogP contribution in [0.25, 0.3) is 22.2 Å². The topological polar surface area (TPSA) is 125 Å². The minimum absolute atomic E-state index is 0.0198. The summed E-state index contributed by atoms with van der Waals surface area (Å²) in [5.41, 5.74) is 7.35. The van der Waals surface area contributed by atoms with E-state index >= 15 is 0 Å². The lowest BCUT2D eigenvalue weighted by atomic mass is 9.92. The van der Waals surface area contributed by atoms with Gasteiger partial charge in [-0.25, -0.2) is 14.4 Å². The van der Waals surface area contributed by atoms with Gasteiger partial charge in [0.05, 0.1) is 32.1 Å². The van der Waals surface area contributed by atoms with Crippen molar-refractivity contribution in [3.8, 4) is 17.0 Å². The first-order valence-electron chi connectivity index (χ1n) is 10.5. The predicted octanol–water partition coefficient (Wildman–Crippen LogP) is 2.38. The van der Waals surface area contributed by atoms with Gasteiger partial charge < -0.3 is 20.3 Å². The van der Waals surface area contributed by atoms with E-state index in [1.165, 1.54) is 19.4 Å². The van der Waals surface area contributed by atoms with Crippen molar-refractivity contribution in [1.29, 1.82) is 0 Å². The third-order valence-electron chi connectivity index (χ3n) is 5.86. The molecule has 3 aromatic rings. The summed E-state index contributed by atoms with van der Waals surface area (Å²) in [5, 5.41) is 9.66. The molecule has 0 amide bonds. The van der Waals surface area contributed by atoms with Crippen LogP contribution in [0.15, 0.2) is 23.1 Å². The van der Waals surface area contributed by atoms with Gasteiger partial charge in [-0.15, -0.1) is 0 Å². The Morgan fingerprint density at radius 3 is 2.66 bits per heavy atom. The number of aryl methyl sites for hydroxylation is 1. The van der Waals surface area contributed by atoms with E-state index in [0.717, 1.165) is 12.8 Å². The Balaban J connectivity index is 1.83. The van der Waals surface area contributed by atoms with Crippen LogP contribution in [0.1, 0.15) is 37.4 Å². The molecule has 1 aliphatic carbocycles. The van der Waals surface area contributed by atoms with Crippen molar-refractivity contribution in [1.82, 2.24) is 19.5 Å². The summed E-state index contributed by atoms with van der Waals surface area (Å²) in [6.45, 7) is 2.08. The first-order valence-corrected chi connectivity index (χ1v) is 10.5. The third kappa shape index (κ3) is 4.15. The van der Waals surface area contributed by atoms with Gasteiger partial charge in [0.1, 0.15) is 5.65 Å². The van der Waals surface area contributed by atoms with Crippen LogP contribution < -0.4 is 16.0 Å². The molecule has 4 rings (SSSR count). The zero-order chi connectivity index (χ0) is 22.8. The number of hydrogen-bond donors (Lipinski definition) is 2. The summed E-state index contributed by atoms with van der Waals surface area (Å²) in [6.07, 6.45) is 4.37. The Hall–Kier alpha value is -3.11. The predicted molar refractivity (Wildman–Crippen MR) is 117 cm³/mol. The zero-order valence-corrected chi connectivity index (χ0v) is 18.0. The van der Waals surface area contributed by atoms with E-state index in [4.69, 9.17) is 20.3 Å². The SMILES string of the molecule is COc1ncc(-c2cc3c(C)nc(N)nc3n(C3CCC(OCCO)CC3)c2=O)cc1F. The highest BCUT2D eigenvalue weighted by molar-refractivity contribution is 5.84. The van der Waals surface area contributed by atoms with Gasteiger partial charge in [-0.3, -0.25) is 9.36 Å². The van der Waals surface area contributed by atoms with Gasteiger partial charge in [0.15, 0.2) is 5.82 Å². The molecule has 0 atom stereocenters. The smallest absolute Gasteiger partial charge is 0.260 e. The van der Waals surface area contributed by atoms with E-state index in [1.807, 2.05) is 0 Å². The van der Waals surface area contributed by atoms with Gasteiger partial charge >= 0.3 is 0 Å². The first-order chi connectivity index (χ1) is 15.4. The standard InChI is InChI=1S/C22H26FN5O4/c1-12-16-10-17(13-9-18(23)20(31-2)25-11-13)21(30)28(19(16)27-22(24)26-12)14-3-5-15(6-4-14)32-8-7-29/h9-11,14-15,29H,3-8H2,1-2H3,(H2,24,26,27). The number of anilines is 1. The molecular formula is C22H26FN5O4. The molecule has 10 heteroatoms. The van der Waals surface area contributed by atoms with Crippen molar-refractivity contribution in [2.75, 3.05) is 26.1 Å². The Bertz CT molecular complexity index is 1190. The monoisotopic (exact) mass is 443 g/mol. The minimum atomic E-state index is -0.650. The molecule has 0 bridgehead atoms. The molecule has 170 valence electrons. The second-order valence-corrected chi connectivity index (χ2v) is 7.88. The number of methoxy groups -OCH3 is 1. The Kier molecular flexibility index (Phi) is 6.33. The molecule has 32 heavy (non-hydrogen) atoms. The third-order valence-corrected chi connectivity index (χ3v) is 5.86. The maximum absolute atomic E-state index is 14.3. The second kappa shape index (κ2) is 9.17. The molecule has 1 fully saturated rings. The molecule has 9 nitrogen and oxygen atoms in total. The number of nitrogens with zero attached hydrogens (tertiary/aromatic N) is 4. The van der Waals surface area contributed by atoms with Gasteiger partial charge in [-0.05, 0) is 44.7 Å². The number of nitrogens with two attached hydrogens (primary N) is 1. The van der Waals surface area contributed by atoms with Crippen LogP contribution >= 0.6 is 0 Å². The van der Waals surface area contributed by atoms with Crippen molar-refractivity contribution in [3.05, 3.63) is 40.2 Å². The minimum Gasteiger partial charge on any atom is -0.479 e. The molecule has 0 spiro atoms. The van der Waals surface area contributed by atoms with E-state index in [-0.39, 0.29) is 36.1 Å². The average molecular weight is 443 g/mol. The van der Waals surface area contributed by atoms with Crippen molar-refractivity contribution >= 4 is 17.0 Å². The highest BCUT2D eigenvalue weighted by atomic mass is 19.1. The number of hydrogen-bond acceptors (Lipinski definition) is 8. The van der Waals surface area contributed by atoms with Crippen molar-refractivity contribution in [2.45, 2.75) is 44.8 Å². The Morgan fingerprint density at radius 2 is 2.00 bits per heavy atom. The molecular weight excluding hydrogens is 417 g/mol. The van der Waals surface area contributed by atoms with E-state index in [0.29, 0.717) is 47.3 Å². The van der Waals surface area contributed by atoms with E-state index in [1.54, 1.807) is 17.6 Å². The van der Waals surface area contributed by atoms with E-state index in [2.05, 4.69) is 15.0 Å². The number of nitrogen functional groups attached to an aromatic ring is 1. The number of fused-ring (bicyclic) bond motifs is 1. The van der Waals surface area contributed by atoms with Gasteiger partial charge in [0.25, 0.3) is 5.56 Å². The lowest BCUT2D eigenvalue weighted by Crippen LogP contribution is -2.32. The zero-order valence-electron chi connectivity index (χ0n) is 18.0. The van der Waals surface area contributed by atoms with Crippen LogP contribution in [0, 0.1) is 12.7 Å². The van der Waals surface area contributed by atoms with Crippen LogP contribution in [-0.4, -0.2) is 51.1 Å². The van der Waals surface area contributed by atoms with Gasteiger partial charge in [-0.1, -0.05) is 0 Å². The maximum atomic E-state index is 14.3. The quantitative estimate of drug-likeness (QED) is 0.595. The van der Waals surface area contributed by atoms with E-state index < -0.39 is 5.82 Å². The molecule has 0 aromatic carbocycles. The molecule has 0 unspecified atom stereocenters. The summed E-state index contributed by atoms with van der Waals surface area (Å²) < 4.78 is 26.5. The summed E-state index contributed by atoms with van der Waals surface area (Å²) >= 11 is 0. The van der Waals surface area contributed by atoms with Crippen LogP contribution in [-0.2, 0) is 4.74 Å². The molecule has 0 saturated heterocycles. The molecule has 3 N–H and O–H groups in total. The fourth-order valence-electron chi connectivity index (χ4n) is 4.33. The highest BCUT2D eigenvalue weighted by Crippen LogP contribution is 2.33. The highest BCUT2D eigenvalue weighted by Gasteiger charge is 2.27.